The third kappa shape index (κ3) is 2.17. The molecular formula is C8H16FNO2. The summed E-state index contributed by atoms with van der Waals surface area (Å²) in [6, 6.07) is 0. The molecule has 4 heteroatoms. The van der Waals surface area contributed by atoms with E-state index in [1.165, 1.54) is 14.0 Å². The Morgan fingerprint density at radius 2 is 2.25 bits per heavy atom. The number of hydrogen-bond donors (Lipinski definition) is 1. The summed E-state index contributed by atoms with van der Waals surface area (Å²) in [6.45, 7) is 3.11. The summed E-state index contributed by atoms with van der Waals surface area (Å²) >= 11 is 0. The van der Waals surface area contributed by atoms with Gasteiger partial charge < -0.3 is 10.5 Å². The first-order valence-electron chi connectivity index (χ1n) is 4.00. The molecule has 0 fully saturated rings. The molecule has 12 heavy (non-hydrogen) atoms. The zero-order chi connectivity index (χ0) is 9.78. The highest BCUT2D eigenvalue weighted by molar-refractivity contribution is 5.81. The summed E-state index contributed by atoms with van der Waals surface area (Å²) in [5, 5.41) is 0. The second-order valence-corrected chi connectivity index (χ2v) is 2.90. The van der Waals surface area contributed by atoms with Crippen molar-refractivity contribution in [2.45, 2.75) is 38.4 Å². The molecule has 0 aromatic heterocycles. The summed E-state index contributed by atoms with van der Waals surface area (Å²) in [5.41, 5.74) is 4.09. The lowest BCUT2D eigenvalue weighted by molar-refractivity contribution is -0.149. The highest BCUT2D eigenvalue weighted by Gasteiger charge is 2.40. The van der Waals surface area contributed by atoms with Crippen LogP contribution in [0, 0.1) is 0 Å². The Kier molecular flexibility index (Phi) is 4.17. The summed E-state index contributed by atoms with van der Waals surface area (Å²) in [7, 11) is 1.21. The minimum absolute atomic E-state index is 0.303. The third-order valence-electron chi connectivity index (χ3n) is 1.94. The molecule has 0 aliphatic rings. The van der Waals surface area contributed by atoms with Crippen LogP contribution in [0.25, 0.3) is 0 Å². The maximum atomic E-state index is 12.9. The maximum Gasteiger partial charge on any atom is 0.328 e. The quantitative estimate of drug-likeness (QED) is 0.652. The van der Waals surface area contributed by atoms with Gasteiger partial charge in [0.2, 0.25) is 0 Å². The number of alkyl halides is 1. The van der Waals surface area contributed by atoms with Crippen LogP contribution in [0.4, 0.5) is 4.39 Å². The number of rotatable bonds is 4. The van der Waals surface area contributed by atoms with E-state index in [2.05, 4.69) is 4.74 Å². The van der Waals surface area contributed by atoms with Gasteiger partial charge in [-0.25, -0.2) is 9.18 Å². The third-order valence-corrected chi connectivity index (χ3v) is 1.94. The van der Waals surface area contributed by atoms with Crippen LogP contribution in [0.5, 0.6) is 0 Å². The van der Waals surface area contributed by atoms with Gasteiger partial charge >= 0.3 is 5.97 Å². The molecule has 2 atom stereocenters. The van der Waals surface area contributed by atoms with Gasteiger partial charge in [-0.3, -0.25) is 0 Å². The van der Waals surface area contributed by atoms with Crippen LogP contribution in [-0.4, -0.2) is 24.8 Å². The molecule has 0 spiro atoms. The van der Waals surface area contributed by atoms with Crippen LogP contribution in [0.3, 0.4) is 0 Å². The normalized spacial score (nSPS) is 18.1. The molecule has 0 radical (unpaired) electrons. The molecule has 0 aromatic carbocycles. The van der Waals surface area contributed by atoms with E-state index in [-0.39, 0.29) is 0 Å². The zero-order valence-corrected chi connectivity index (χ0v) is 7.76. The Hall–Kier alpha value is -0.640. The summed E-state index contributed by atoms with van der Waals surface area (Å²) in [5.74, 6) is -0.681. The van der Waals surface area contributed by atoms with Crippen molar-refractivity contribution in [3.05, 3.63) is 0 Å². The van der Waals surface area contributed by atoms with Crippen LogP contribution >= 0.6 is 0 Å². The van der Waals surface area contributed by atoms with Crippen molar-refractivity contribution in [1.29, 1.82) is 0 Å². The predicted molar refractivity (Wildman–Crippen MR) is 44.4 cm³/mol. The molecule has 0 amide bonds. The predicted octanol–water partition coefficient (Wildman–Crippen LogP) is 1.01. The average molecular weight is 177 g/mol. The minimum Gasteiger partial charge on any atom is -0.468 e. The standard InChI is InChI=1S/C8H16FNO2/c1-4-5-8(10,6(2)9)7(11)12-3/h6H,4-5,10H2,1-3H3. The second-order valence-electron chi connectivity index (χ2n) is 2.90. The Balaban J connectivity index is 4.49. The van der Waals surface area contributed by atoms with E-state index in [0.717, 1.165) is 0 Å². The van der Waals surface area contributed by atoms with Crippen LogP contribution in [0.1, 0.15) is 26.7 Å². The minimum atomic E-state index is -1.47. The van der Waals surface area contributed by atoms with Crippen molar-refractivity contribution in [2.24, 2.45) is 5.73 Å². The summed E-state index contributed by atoms with van der Waals surface area (Å²) in [4.78, 5) is 11.1. The van der Waals surface area contributed by atoms with E-state index in [1.807, 2.05) is 6.92 Å². The first-order valence-corrected chi connectivity index (χ1v) is 4.00. The van der Waals surface area contributed by atoms with Gasteiger partial charge in [-0.05, 0) is 13.3 Å². The van der Waals surface area contributed by atoms with Gasteiger partial charge in [0.25, 0.3) is 0 Å². The van der Waals surface area contributed by atoms with Crippen LogP contribution in [-0.2, 0) is 9.53 Å². The number of nitrogens with two attached hydrogens (primary N) is 1. The lowest BCUT2D eigenvalue weighted by atomic mass is 9.90. The molecule has 0 rings (SSSR count). The molecule has 0 bridgehead atoms. The largest absolute Gasteiger partial charge is 0.468 e. The fraction of sp³-hybridized carbons (Fsp3) is 0.875. The maximum absolute atomic E-state index is 12.9. The Labute approximate surface area is 72.1 Å². The van der Waals surface area contributed by atoms with Gasteiger partial charge in [0, 0.05) is 0 Å². The SMILES string of the molecule is CCCC(N)(C(=O)OC)C(C)F. The van der Waals surface area contributed by atoms with E-state index in [1.54, 1.807) is 0 Å². The number of methoxy groups -OCH3 is 1. The lowest BCUT2D eigenvalue weighted by Gasteiger charge is -2.27. The van der Waals surface area contributed by atoms with Crippen molar-refractivity contribution in [2.75, 3.05) is 7.11 Å². The Bertz CT molecular complexity index is 161. The number of esters is 1. The average Bonchev–Trinajstić information content (AvgIpc) is 2.03. The molecule has 0 heterocycles. The smallest absolute Gasteiger partial charge is 0.328 e. The van der Waals surface area contributed by atoms with Crippen molar-refractivity contribution in [1.82, 2.24) is 0 Å². The molecule has 0 aliphatic heterocycles. The number of carbonyl (C=O) groups is 1. The van der Waals surface area contributed by atoms with E-state index in [9.17, 15) is 9.18 Å². The van der Waals surface area contributed by atoms with Crippen molar-refractivity contribution >= 4 is 5.97 Å². The van der Waals surface area contributed by atoms with E-state index >= 15 is 0 Å². The van der Waals surface area contributed by atoms with Gasteiger partial charge in [0.05, 0.1) is 7.11 Å². The lowest BCUT2D eigenvalue weighted by Crippen LogP contribution is -2.55. The van der Waals surface area contributed by atoms with Crippen LogP contribution in [0.2, 0.25) is 0 Å². The Morgan fingerprint density at radius 1 is 1.75 bits per heavy atom. The van der Waals surface area contributed by atoms with Crippen LogP contribution < -0.4 is 5.73 Å². The summed E-state index contributed by atoms with van der Waals surface area (Å²) < 4.78 is 17.4. The first-order chi connectivity index (χ1) is 5.49. The molecule has 3 nitrogen and oxygen atoms in total. The van der Waals surface area contributed by atoms with Gasteiger partial charge in [-0.15, -0.1) is 0 Å². The fourth-order valence-corrected chi connectivity index (χ4v) is 1.07. The molecule has 0 aliphatic carbocycles. The van der Waals surface area contributed by atoms with Gasteiger partial charge in [-0.1, -0.05) is 13.3 Å². The van der Waals surface area contributed by atoms with Gasteiger partial charge in [-0.2, -0.15) is 0 Å². The Morgan fingerprint density at radius 3 is 2.50 bits per heavy atom. The molecule has 2 N–H and O–H groups in total. The number of carbonyl (C=O) groups excluding carboxylic acids is 1. The van der Waals surface area contributed by atoms with E-state index in [4.69, 9.17) is 5.73 Å². The number of hydrogen-bond acceptors (Lipinski definition) is 3. The highest BCUT2D eigenvalue weighted by Crippen LogP contribution is 2.18. The van der Waals surface area contributed by atoms with Crippen molar-refractivity contribution in [3.63, 3.8) is 0 Å². The molecular weight excluding hydrogens is 161 g/mol. The topological polar surface area (TPSA) is 52.3 Å². The molecule has 0 saturated heterocycles. The summed E-state index contributed by atoms with van der Waals surface area (Å²) in [6.07, 6.45) is -0.429. The zero-order valence-electron chi connectivity index (χ0n) is 7.76. The van der Waals surface area contributed by atoms with Crippen molar-refractivity contribution in [3.8, 4) is 0 Å². The second kappa shape index (κ2) is 4.40. The molecule has 0 aromatic rings. The molecule has 2 unspecified atom stereocenters. The van der Waals surface area contributed by atoms with Gasteiger partial charge in [0.1, 0.15) is 11.7 Å². The van der Waals surface area contributed by atoms with Gasteiger partial charge in [0.15, 0.2) is 0 Å². The highest BCUT2D eigenvalue weighted by atomic mass is 19.1. The number of halogens is 1. The number of ether oxygens (including phenoxy) is 1. The molecule has 0 saturated carbocycles. The molecule has 72 valence electrons. The van der Waals surface area contributed by atoms with Crippen molar-refractivity contribution < 1.29 is 13.9 Å². The van der Waals surface area contributed by atoms with E-state index < -0.39 is 17.7 Å². The fourth-order valence-electron chi connectivity index (χ4n) is 1.07. The monoisotopic (exact) mass is 177 g/mol. The first kappa shape index (κ1) is 11.4. The van der Waals surface area contributed by atoms with Crippen LogP contribution in [0.15, 0.2) is 0 Å². The van der Waals surface area contributed by atoms with E-state index in [0.29, 0.717) is 12.8 Å².